The maximum atomic E-state index is 7.00. The van der Waals surface area contributed by atoms with Crippen LogP contribution in [0.1, 0.15) is 55.6 Å². The summed E-state index contributed by atoms with van der Waals surface area (Å²) in [6.07, 6.45) is 0. The van der Waals surface area contributed by atoms with Gasteiger partial charge in [0.25, 0.3) is 0 Å². The van der Waals surface area contributed by atoms with E-state index in [-0.39, 0.29) is 32.7 Å². The smallest absolute Gasteiger partial charge is 0.192 e. The molecule has 0 aromatic heterocycles. The Morgan fingerprint density at radius 1 is 0.357 bits per heavy atom. The molecule has 0 aliphatic carbocycles. The monoisotopic (exact) mass is 458 g/mol. The van der Waals surface area contributed by atoms with E-state index in [1.165, 1.54) is 66.6 Å². The van der Waals surface area contributed by atoms with Gasteiger partial charge in [0, 0.05) is 46.9 Å². The fourth-order valence-corrected chi connectivity index (χ4v) is 3.64. The van der Waals surface area contributed by atoms with Gasteiger partial charge in [-0.05, 0) is 103 Å². The molecule has 28 heavy (non-hydrogen) atoms. The van der Waals surface area contributed by atoms with Gasteiger partial charge in [0.2, 0.25) is 0 Å². The third-order valence-corrected chi connectivity index (χ3v) is 6.40. The van der Waals surface area contributed by atoms with Crippen LogP contribution in [0.5, 0.6) is 0 Å². The Morgan fingerprint density at radius 2 is 0.500 bits per heavy atom. The van der Waals surface area contributed by atoms with Gasteiger partial charge in [-0.2, -0.15) is 0 Å². The van der Waals surface area contributed by atoms with E-state index in [9.17, 15) is 0 Å². The minimum Gasteiger partial charge on any atom is -0.400 e. The predicted molar refractivity (Wildman–Crippen MR) is 122 cm³/mol. The molecule has 0 unspecified atom stereocenters. The predicted octanol–water partition coefficient (Wildman–Crippen LogP) is 3.64. The van der Waals surface area contributed by atoms with Gasteiger partial charge >= 0.3 is 0 Å². The molecule has 4 heteroatoms. The Labute approximate surface area is 199 Å². The van der Waals surface area contributed by atoms with E-state index in [0.717, 1.165) is 14.2 Å². The first kappa shape index (κ1) is 29.7. The fourth-order valence-electron chi connectivity index (χ4n) is 3.64. The van der Waals surface area contributed by atoms with Crippen molar-refractivity contribution in [1.82, 2.24) is 0 Å². The van der Waals surface area contributed by atoms with Gasteiger partial charge in [-0.25, -0.2) is 0 Å². The summed E-state index contributed by atoms with van der Waals surface area (Å²) in [5.41, 5.74) is 17.0. The number of hydrogen-bond donors (Lipinski definition) is 2. The van der Waals surface area contributed by atoms with Crippen molar-refractivity contribution in [2.24, 2.45) is 0 Å². The van der Waals surface area contributed by atoms with Crippen molar-refractivity contribution in [1.29, 1.82) is 0 Å². The molecule has 2 aromatic rings. The van der Waals surface area contributed by atoms with E-state index in [4.69, 9.17) is 10.2 Å². The normalized spacial score (nSPS) is 9.50. The molecule has 2 nitrogen and oxygen atoms in total. The van der Waals surface area contributed by atoms with Crippen LogP contribution in [-0.2, 0) is 32.7 Å². The van der Waals surface area contributed by atoms with Gasteiger partial charge in [-0.1, -0.05) is 33.2 Å². The minimum absolute atomic E-state index is 0. The molecule has 0 atom stereocenters. The van der Waals surface area contributed by atoms with E-state index in [1.807, 2.05) is 0 Å². The van der Waals surface area contributed by atoms with Gasteiger partial charge < -0.3 is 10.2 Å². The number of benzene rings is 2. The van der Waals surface area contributed by atoms with E-state index in [2.05, 4.69) is 76.5 Å². The van der Waals surface area contributed by atoms with Crippen molar-refractivity contribution < 1.29 is 42.9 Å². The molecule has 152 valence electrons. The molecular formula is C24H38BO2Y. The molecule has 0 amide bonds. The van der Waals surface area contributed by atoms with Crippen LogP contribution in [0.25, 0.3) is 0 Å². The second-order valence-corrected chi connectivity index (χ2v) is 7.22. The SMILES string of the molecule is CO.CO.Cc1c(C)c(C)c([B]c2c(C)c(C)c(C)c(C)c2C)c(C)c1C.[Y]. The summed E-state index contributed by atoms with van der Waals surface area (Å²) < 4.78 is 0. The summed E-state index contributed by atoms with van der Waals surface area (Å²) in [6, 6.07) is 0. The number of hydrogen-bond acceptors (Lipinski definition) is 2. The largest absolute Gasteiger partial charge is 0.400 e. The summed E-state index contributed by atoms with van der Waals surface area (Å²) in [6.45, 7) is 22.5. The third kappa shape index (κ3) is 5.78. The zero-order valence-corrected chi connectivity index (χ0v) is 22.9. The van der Waals surface area contributed by atoms with Gasteiger partial charge in [0.15, 0.2) is 7.28 Å². The van der Waals surface area contributed by atoms with Gasteiger partial charge in [0.1, 0.15) is 0 Å². The Balaban J connectivity index is 0. The maximum absolute atomic E-state index is 7.00. The van der Waals surface area contributed by atoms with Gasteiger partial charge in [0.05, 0.1) is 0 Å². The molecule has 2 radical (unpaired) electrons. The second-order valence-electron chi connectivity index (χ2n) is 7.22. The second kappa shape index (κ2) is 13.0. The molecule has 0 fully saturated rings. The molecule has 0 spiro atoms. The van der Waals surface area contributed by atoms with Crippen LogP contribution in [-0.4, -0.2) is 31.7 Å². The van der Waals surface area contributed by atoms with E-state index < -0.39 is 0 Å². The standard InChI is InChI=1S/C22H30B.2CH4O.Y/c1-11-13(3)17(7)21(18(8)14(11)4)23-22-19(9)15(5)12(2)16(6)20(22)10;2*1-2;/h1-10H3;2*2H,1H3;. The van der Waals surface area contributed by atoms with Crippen LogP contribution < -0.4 is 10.9 Å². The molecule has 0 saturated carbocycles. The first-order valence-corrected chi connectivity index (χ1v) is 9.47. The van der Waals surface area contributed by atoms with Crippen molar-refractivity contribution in [3.05, 3.63) is 55.6 Å². The molecule has 0 heterocycles. The van der Waals surface area contributed by atoms with Crippen molar-refractivity contribution in [3.8, 4) is 0 Å². The number of aliphatic hydroxyl groups excluding tert-OH is 2. The van der Waals surface area contributed by atoms with Gasteiger partial charge in [-0.15, -0.1) is 0 Å². The van der Waals surface area contributed by atoms with E-state index in [0.29, 0.717) is 0 Å². The first-order valence-electron chi connectivity index (χ1n) is 9.47. The Kier molecular flexibility index (Phi) is 13.8. The van der Waals surface area contributed by atoms with Crippen molar-refractivity contribution in [2.45, 2.75) is 69.2 Å². The fraction of sp³-hybridized carbons (Fsp3) is 0.500. The molecule has 0 aliphatic heterocycles. The van der Waals surface area contributed by atoms with Crippen LogP contribution >= 0.6 is 0 Å². The maximum Gasteiger partial charge on any atom is 0.192 e. The molecular weight excluding hydrogens is 420 g/mol. The molecule has 0 bridgehead atoms. The summed E-state index contributed by atoms with van der Waals surface area (Å²) in [5, 5.41) is 14.0. The van der Waals surface area contributed by atoms with E-state index >= 15 is 0 Å². The van der Waals surface area contributed by atoms with Crippen molar-refractivity contribution >= 4 is 18.2 Å². The molecule has 2 aromatic carbocycles. The van der Waals surface area contributed by atoms with Crippen LogP contribution in [0, 0.1) is 69.2 Å². The quantitative estimate of drug-likeness (QED) is 0.675. The molecule has 0 aliphatic rings. The average molecular weight is 458 g/mol. The van der Waals surface area contributed by atoms with Crippen LogP contribution in [0.3, 0.4) is 0 Å². The zero-order valence-electron chi connectivity index (χ0n) is 20.0. The van der Waals surface area contributed by atoms with Crippen molar-refractivity contribution in [3.63, 3.8) is 0 Å². The summed E-state index contributed by atoms with van der Waals surface area (Å²) in [5.74, 6) is 0. The molecule has 0 saturated heterocycles. The molecule has 2 N–H and O–H groups in total. The summed E-state index contributed by atoms with van der Waals surface area (Å²) in [4.78, 5) is 0. The molecule has 2 rings (SSSR count). The Morgan fingerprint density at radius 3 is 0.679 bits per heavy atom. The van der Waals surface area contributed by atoms with E-state index in [1.54, 1.807) is 0 Å². The van der Waals surface area contributed by atoms with Gasteiger partial charge in [-0.3, -0.25) is 0 Å². The number of rotatable bonds is 2. The van der Waals surface area contributed by atoms with Crippen LogP contribution in [0.15, 0.2) is 0 Å². The third-order valence-electron chi connectivity index (χ3n) is 6.40. The minimum atomic E-state index is 0. The summed E-state index contributed by atoms with van der Waals surface area (Å²) >= 11 is 0. The number of aliphatic hydroxyl groups is 2. The topological polar surface area (TPSA) is 40.5 Å². The van der Waals surface area contributed by atoms with Crippen LogP contribution in [0.4, 0.5) is 0 Å². The Hall–Kier alpha value is -0.471. The average Bonchev–Trinajstić information content (AvgIpc) is 2.70. The van der Waals surface area contributed by atoms with Crippen LogP contribution in [0.2, 0.25) is 0 Å². The van der Waals surface area contributed by atoms with Crippen molar-refractivity contribution in [2.75, 3.05) is 14.2 Å². The first-order chi connectivity index (χ1) is 12.6. The Bertz CT molecular complexity index is 686. The summed E-state index contributed by atoms with van der Waals surface area (Å²) in [7, 11) is 4.42. The zero-order chi connectivity index (χ0) is 21.6.